The zero-order valence-electron chi connectivity index (χ0n) is 14.3. The molecule has 2 aliphatic rings. The second kappa shape index (κ2) is 8.36. The number of likely N-dealkylation sites (tertiary alicyclic amines) is 1. The molecule has 0 radical (unpaired) electrons. The first-order chi connectivity index (χ1) is 10.6. The molecular formula is C16H31N5O. The summed E-state index contributed by atoms with van der Waals surface area (Å²) in [6, 6.07) is 1.11. The number of hydrogen-bond acceptors (Lipinski definition) is 3. The van der Waals surface area contributed by atoms with Crippen molar-refractivity contribution in [1.29, 1.82) is 0 Å². The van der Waals surface area contributed by atoms with Crippen LogP contribution in [0.1, 0.15) is 38.5 Å². The van der Waals surface area contributed by atoms with Crippen LogP contribution >= 0.6 is 0 Å². The van der Waals surface area contributed by atoms with Crippen molar-refractivity contribution in [2.75, 3.05) is 40.8 Å². The average molecular weight is 309 g/mol. The molecule has 1 saturated heterocycles. The SMILES string of the molecule is CN=C(NC1CCC1)NC1CCN(CCC(=O)N(C)C)CC1. The van der Waals surface area contributed by atoms with Crippen molar-refractivity contribution >= 4 is 11.9 Å². The summed E-state index contributed by atoms with van der Waals surface area (Å²) in [5, 5.41) is 7.03. The molecule has 1 amide bonds. The molecule has 0 aromatic rings. The summed E-state index contributed by atoms with van der Waals surface area (Å²) in [6.07, 6.45) is 6.70. The Kier molecular flexibility index (Phi) is 6.49. The monoisotopic (exact) mass is 309 g/mol. The molecule has 2 N–H and O–H groups in total. The highest BCUT2D eigenvalue weighted by Crippen LogP contribution is 2.18. The lowest BCUT2D eigenvalue weighted by atomic mass is 9.93. The van der Waals surface area contributed by atoms with Crippen LogP contribution in [0.15, 0.2) is 4.99 Å². The van der Waals surface area contributed by atoms with Crippen LogP contribution in [0.25, 0.3) is 0 Å². The summed E-state index contributed by atoms with van der Waals surface area (Å²) in [6.45, 7) is 2.98. The summed E-state index contributed by atoms with van der Waals surface area (Å²) < 4.78 is 0. The molecule has 126 valence electrons. The summed E-state index contributed by atoms with van der Waals surface area (Å²) in [5.74, 6) is 1.16. The van der Waals surface area contributed by atoms with Gasteiger partial charge in [0.1, 0.15) is 0 Å². The number of rotatable bonds is 5. The van der Waals surface area contributed by atoms with Crippen molar-refractivity contribution < 1.29 is 4.79 Å². The Balaban J connectivity index is 1.64. The number of guanidine groups is 1. The normalized spacial score (nSPS) is 21.3. The summed E-state index contributed by atoms with van der Waals surface area (Å²) in [5.41, 5.74) is 0. The largest absolute Gasteiger partial charge is 0.354 e. The highest BCUT2D eigenvalue weighted by molar-refractivity contribution is 5.80. The molecular weight excluding hydrogens is 278 g/mol. The molecule has 2 fully saturated rings. The van der Waals surface area contributed by atoms with Crippen LogP contribution in [-0.4, -0.2) is 74.5 Å². The lowest BCUT2D eigenvalue weighted by Gasteiger charge is -2.34. The van der Waals surface area contributed by atoms with Crippen LogP contribution < -0.4 is 10.6 Å². The van der Waals surface area contributed by atoms with Crippen LogP contribution in [0.5, 0.6) is 0 Å². The first kappa shape index (κ1) is 17.1. The topological polar surface area (TPSA) is 60.0 Å². The maximum absolute atomic E-state index is 11.6. The predicted octanol–water partition coefficient (Wildman–Crippen LogP) is 0.647. The summed E-state index contributed by atoms with van der Waals surface area (Å²) in [4.78, 5) is 20.0. The van der Waals surface area contributed by atoms with Crippen molar-refractivity contribution in [1.82, 2.24) is 20.4 Å². The molecule has 6 nitrogen and oxygen atoms in total. The van der Waals surface area contributed by atoms with Gasteiger partial charge in [0.25, 0.3) is 0 Å². The molecule has 2 rings (SSSR count). The third kappa shape index (κ3) is 5.16. The Labute approximate surface area is 134 Å². The highest BCUT2D eigenvalue weighted by atomic mass is 16.2. The first-order valence-electron chi connectivity index (χ1n) is 8.51. The predicted molar refractivity (Wildman–Crippen MR) is 90.0 cm³/mol. The van der Waals surface area contributed by atoms with Crippen molar-refractivity contribution in [2.24, 2.45) is 4.99 Å². The minimum Gasteiger partial charge on any atom is -0.354 e. The Morgan fingerprint density at radius 1 is 1.14 bits per heavy atom. The quantitative estimate of drug-likeness (QED) is 0.578. The van der Waals surface area contributed by atoms with Crippen LogP contribution in [0.3, 0.4) is 0 Å². The molecule has 0 aromatic heterocycles. The molecule has 22 heavy (non-hydrogen) atoms. The van der Waals surface area contributed by atoms with E-state index in [0.717, 1.165) is 38.4 Å². The summed E-state index contributed by atoms with van der Waals surface area (Å²) >= 11 is 0. The first-order valence-corrected chi connectivity index (χ1v) is 8.51. The van der Waals surface area contributed by atoms with Gasteiger partial charge >= 0.3 is 0 Å². The van der Waals surface area contributed by atoms with Crippen molar-refractivity contribution in [3.8, 4) is 0 Å². The van der Waals surface area contributed by atoms with Gasteiger partial charge < -0.3 is 20.4 Å². The van der Waals surface area contributed by atoms with Crippen molar-refractivity contribution in [3.05, 3.63) is 0 Å². The van der Waals surface area contributed by atoms with Gasteiger partial charge in [0, 0.05) is 59.3 Å². The molecule has 1 aliphatic heterocycles. The molecule has 0 atom stereocenters. The zero-order valence-corrected chi connectivity index (χ0v) is 14.3. The van der Waals surface area contributed by atoms with Crippen molar-refractivity contribution in [3.63, 3.8) is 0 Å². The van der Waals surface area contributed by atoms with E-state index >= 15 is 0 Å². The van der Waals surface area contributed by atoms with Gasteiger partial charge in [-0.2, -0.15) is 0 Å². The van der Waals surface area contributed by atoms with E-state index < -0.39 is 0 Å². The van der Waals surface area contributed by atoms with Crippen LogP contribution in [0.4, 0.5) is 0 Å². The van der Waals surface area contributed by atoms with E-state index in [2.05, 4.69) is 20.5 Å². The van der Waals surface area contributed by atoms with Gasteiger partial charge in [-0.1, -0.05) is 0 Å². The standard InChI is InChI=1S/C16H31N5O/c1-17-16(18-13-5-4-6-13)19-14-7-10-21(11-8-14)12-9-15(22)20(2)3/h13-14H,4-12H2,1-3H3,(H2,17,18,19). The van der Waals surface area contributed by atoms with Gasteiger partial charge in [0.15, 0.2) is 5.96 Å². The van der Waals surface area contributed by atoms with Gasteiger partial charge in [-0.25, -0.2) is 0 Å². The number of carbonyl (C=O) groups is 1. The van der Waals surface area contributed by atoms with E-state index in [0.29, 0.717) is 18.5 Å². The minimum atomic E-state index is 0.213. The van der Waals surface area contributed by atoms with Gasteiger partial charge in [-0.3, -0.25) is 9.79 Å². The lowest BCUT2D eigenvalue weighted by Crippen LogP contribution is -2.52. The van der Waals surface area contributed by atoms with E-state index in [9.17, 15) is 4.79 Å². The number of nitrogens with zero attached hydrogens (tertiary/aromatic N) is 3. The molecule has 0 unspecified atom stereocenters. The van der Waals surface area contributed by atoms with Crippen LogP contribution in [0, 0.1) is 0 Å². The minimum absolute atomic E-state index is 0.213. The zero-order chi connectivity index (χ0) is 15.9. The van der Waals surface area contributed by atoms with E-state index in [1.54, 1.807) is 4.90 Å². The molecule has 0 bridgehead atoms. The van der Waals surface area contributed by atoms with Gasteiger partial charge in [0.05, 0.1) is 0 Å². The fourth-order valence-electron chi connectivity index (χ4n) is 2.89. The number of hydrogen-bond donors (Lipinski definition) is 2. The average Bonchev–Trinajstić information content (AvgIpc) is 2.48. The fourth-order valence-corrected chi connectivity index (χ4v) is 2.89. The third-order valence-corrected chi connectivity index (χ3v) is 4.74. The maximum atomic E-state index is 11.6. The van der Waals surface area contributed by atoms with Gasteiger partial charge in [0.2, 0.25) is 5.91 Å². The van der Waals surface area contributed by atoms with Crippen LogP contribution in [-0.2, 0) is 4.79 Å². The second-order valence-electron chi connectivity index (χ2n) is 6.64. The fraction of sp³-hybridized carbons (Fsp3) is 0.875. The lowest BCUT2D eigenvalue weighted by molar-refractivity contribution is -0.129. The van der Waals surface area contributed by atoms with Gasteiger partial charge in [-0.15, -0.1) is 0 Å². The van der Waals surface area contributed by atoms with E-state index in [4.69, 9.17) is 0 Å². The molecule has 1 heterocycles. The number of amides is 1. The highest BCUT2D eigenvalue weighted by Gasteiger charge is 2.23. The summed E-state index contributed by atoms with van der Waals surface area (Å²) in [7, 11) is 5.48. The second-order valence-corrected chi connectivity index (χ2v) is 6.64. The number of piperidine rings is 1. The maximum Gasteiger partial charge on any atom is 0.223 e. The Bertz CT molecular complexity index is 384. The van der Waals surface area contributed by atoms with Crippen LogP contribution in [0.2, 0.25) is 0 Å². The number of nitrogens with one attached hydrogen (secondary N) is 2. The van der Waals surface area contributed by atoms with Gasteiger partial charge in [-0.05, 0) is 32.1 Å². The smallest absolute Gasteiger partial charge is 0.223 e. The number of aliphatic imine (C=N–C) groups is 1. The molecule has 0 aromatic carbocycles. The van der Waals surface area contributed by atoms with E-state index in [1.165, 1.54) is 19.3 Å². The Hall–Kier alpha value is -1.30. The van der Waals surface area contributed by atoms with E-state index in [1.807, 2.05) is 21.1 Å². The van der Waals surface area contributed by atoms with E-state index in [-0.39, 0.29) is 5.91 Å². The molecule has 6 heteroatoms. The molecule has 1 aliphatic carbocycles. The third-order valence-electron chi connectivity index (χ3n) is 4.74. The molecule has 0 spiro atoms. The molecule has 1 saturated carbocycles. The van der Waals surface area contributed by atoms with Crippen molar-refractivity contribution in [2.45, 2.75) is 50.6 Å². The number of carbonyl (C=O) groups excluding carboxylic acids is 1. The Morgan fingerprint density at radius 3 is 2.18 bits per heavy atom. The Morgan fingerprint density at radius 2 is 1.73 bits per heavy atom.